The fraction of sp³-hybridized carbons (Fsp3) is 0.750. The maximum absolute atomic E-state index is 12.7. The molecule has 0 amide bonds. The van der Waals surface area contributed by atoms with E-state index in [-0.39, 0.29) is 26.1 Å². The first-order valence-corrected chi connectivity index (χ1v) is 19.2. The molecule has 1 fully saturated rings. The molecule has 4 N–H and O–H groups in total. The van der Waals surface area contributed by atoms with Crippen LogP contribution < -0.4 is 0 Å². The first-order chi connectivity index (χ1) is 24.3. The van der Waals surface area contributed by atoms with E-state index < -0.39 is 55.4 Å². The van der Waals surface area contributed by atoms with Gasteiger partial charge in [0.15, 0.2) is 12.4 Å². The zero-order valence-electron chi connectivity index (χ0n) is 30.9. The van der Waals surface area contributed by atoms with Crippen molar-refractivity contribution < 1.29 is 49.0 Å². The molecule has 6 unspecified atom stereocenters. The fourth-order valence-corrected chi connectivity index (χ4v) is 5.38. The second-order valence-electron chi connectivity index (χ2n) is 13.0. The van der Waals surface area contributed by atoms with Gasteiger partial charge in [-0.15, -0.1) is 0 Å². The van der Waals surface area contributed by atoms with Crippen molar-refractivity contribution in [3.63, 3.8) is 0 Å². The summed E-state index contributed by atoms with van der Waals surface area (Å²) in [4.78, 5) is 25.1. The van der Waals surface area contributed by atoms with E-state index in [9.17, 15) is 30.0 Å². The molecule has 1 aliphatic rings. The Kier molecular flexibility index (Phi) is 28.7. The van der Waals surface area contributed by atoms with Gasteiger partial charge in [0.25, 0.3) is 0 Å². The van der Waals surface area contributed by atoms with Crippen LogP contribution in [0.5, 0.6) is 0 Å². The summed E-state index contributed by atoms with van der Waals surface area (Å²) >= 11 is 0. The number of esters is 2. The van der Waals surface area contributed by atoms with Crippen LogP contribution in [0, 0.1) is 0 Å². The van der Waals surface area contributed by atoms with Crippen molar-refractivity contribution in [2.45, 2.75) is 173 Å². The van der Waals surface area contributed by atoms with Crippen LogP contribution in [-0.2, 0) is 28.5 Å². The van der Waals surface area contributed by atoms with Gasteiger partial charge in [-0.1, -0.05) is 107 Å². The van der Waals surface area contributed by atoms with Gasteiger partial charge < -0.3 is 39.4 Å². The van der Waals surface area contributed by atoms with E-state index in [1.54, 1.807) is 0 Å². The number of allylic oxidation sites excluding steroid dienone is 8. The Hall–Kier alpha value is -2.34. The van der Waals surface area contributed by atoms with Crippen molar-refractivity contribution in [1.82, 2.24) is 0 Å². The highest BCUT2D eigenvalue weighted by Gasteiger charge is 2.44. The van der Waals surface area contributed by atoms with Gasteiger partial charge in [0, 0.05) is 12.8 Å². The molecule has 0 radical (unpaired) electrons. The highest BCUT2D eigenvalue weighted by molar-refractivity contribution is 5.70. The van der Waals surface area contributed by atoms with Crippen molar-refractivity contribution in [2.75, 3.05) is 19.8 Å². The summed E-state index contributed by atoms with van der Waals surface area (Å²) in [7, 11) is 0. The summed E-state index contributed by atoms with van der Waals surface area (Å²) in [5.41, 5.74) is 0. The summed E-state index contributed by atoms with van der Waals surface area (Å²) in [5, 5.41) is 39.9. The molecule has 0 aromatic carbocycles. The van der Waals surface area contributed by atoms with Gasteiger partial charge in [-0.2, -0.15) is 0 Å². The van der Waals surface area contributed by atoms with Gasteiger partial charge in [-0.3, -0.25) is 9.59 Å². The number of aliphatic hydroxyl groups excluding tert-OH is 4. The molecule has 0 aromatic rings. The van der Waals surface area contributed by atoms with Crippen LogP contribution in [0.4, 0.5) is 0 Å². The monoisotopic (exact) mass is 708 g/mol. The van der Waals surface area contributed by atoms with E-state index in [0.717, 1.165) is 96.3 Å². The van der Waals surface area contributed by atoms with Crippen LogP contribution in [0.2, 0.25) is 0 Å². The number of aliphatic hydroxyl groups is 4. The maximum Gasteiger partial charge on any atom is 0.306 e. The van der Waals surface area contributed by atoms with Crippen molar-refractivity contribution in [2.24, 2.45) is 0 Å². The normalized spacial score (nSPS) is 21.9. The Balaban J connectivity index is 2.42. The molecular formula is C40H68O10. The number of ether oxygens (including phenoxy) is 4. The van der Waals surface area contributed by atoms with E-state index in [1.165, 1.54) is 0 Å². The SMILES string of the molecule is CC/C=C\C/C=C\C/C=C\CCCCCCCC(=O)OC(COC(=O)CCCCCCC/C=C\CCC)COC1OC(CO)C(O)C(O)C1O. The molecule has 10 nitrogen and oxygen atoms in total. The number of rotatable bonds is 30. The summed E-state index contributed by atoms with van der Waals surface area (Å²) in [6.45, 7) is 3.19. The van der Waals surface area contributed by atoms with Gasteiger partial charge >= 0.3 is 11.9 Å². The lowest BCUT2D eigenvalue weighted by Crippen LogP contribution is -2.59. The molecule has 0 spiro atoms. The fourth-order valence-electron chi connectivity index (χ4n) is 5.38. The van der Waals surface area contributed by atoms with E-state index >= 15 is 0 Å². The van der Waals surface area contributed by atoms with E-state index in [0.29, 0.717) is 12.8 Å². The molecular weight excluding hydrogens is 640 g/mol. The standard InChI is InChI=1S/C40H68O10/c1-3-5-7-9-11-13-15-16-17-18-19-21-23-25-27-29-36(43)49-33(32-48-40-39(46)38(45)37(44)34(30-41)50-40)31-47-35(42)28-26-24-22-20-14-12-10-8-6-4-2/h5,7-8,10-11,13,16-17,33-34,37-41,44-46H,3-4,6,9,12,14-15,18-32H2,1-2H3/b7-5-,10-8-,13-11-,17-16-. The van der Waals surface area contributed by atoms with Gasteiger partial charge in [0.05, 0.1) is 13.2 Å². The lowest BCUT2D eigenvalue weighted by atomic mass is 9.99. The van der Waals surface area contributed by atoms with Crippen LogP contribution in [0.25, 0.3) is 0 Å². The zero-order valence-corrected chi connectivity index (χ0v) is 30.9. The van der Waals surface area contributed by atoms with E-state index in [4.69, 9.17) is 18.9 Å². The van der Waals surface area contributed by atoms with Gasteiger partial charge in [-0.05, 0) is 64.2 Å². The lowest BCUT2D eigenvalue weighted by molar-refractivity contribution is -0.305. The quantitative estimate of drug-likeness (QED) is 0.0351. The Bertz CT molecular complexity index is 960. The number of carbonyl (C=O) groups excluding carboxylic acids is 2. The Morgan fingerprint density at radius 2 is 1.18 bits per heavy atom. The highest BCUT2D eigenvalue weighted by Crippen LogP contribution is 2.22. The van der Waals surface area contributed by atoms with Crippen molar-refractivity contribution in [3.8, 4) is 0 Å². The van der Waals surface area contributed by atoms with Gasteiger partial charge in [0.2, 0.25) is 0 Å². The Morgan fingerprint density at radius 1 is 0.640 bits per heavy atom. The molecule has 0 bridgehead atoms. The number of unbranched alkanes of at least 4 members (excludes halogenated alkanes) is 11. The first kappa shape index (κ1) is 45.7. The predicted molar refractivity (Wildman–Crippen MR) is 196 cm³/mol. The zero-order chi connectivity index (χ0) is 36.7. The second-order valence-corrected chi connectivity index (χ2v) is 13.0. The molecule has 10 heteroatoms. The smallest absolute Gasteiger partial charge is 0.306 e. The highest BCUT2D eigenvalue weighted by atomic mass is 16.7. The molecule has 6 atom stereocenters. The van der Waals surface area contributed by atoms with Crippen molar-refractivity contribution in [3.05, 3.63) is 48.6 Å². The van der Waals surface area contributed by atoms with Crippen molar-refractivity contribution >= 4 is 11.9 Å². The first-order valence-electron chi connectivity index (χ1n) is 19.2. The molecule has 0 aromatic heterocycles. The van der Waals surface area contributed by atoms with Crippen LogP contribution >= 0.6 is 0 Å². The Morgan fingerprint density at radius 3 is 1.80 bits per heavy atom. The Labute approximate surface area is 301 Å². The molecule has 0 saturated carbocycles. The average molecular weight is 709 g/mol. The largest absolute Gasteiger partial charge is 0.462 e. The minimum Gasteiger partial charge on any atom is -0.462 e. The van der Waals surface area contributed by atoms with E-state index in [2.05, 4.69) is 62.5 Å². The molecule has 1 rings (SSSR count). The number of hydrogen-bond donors (Lipinski definition) is 4. The molecule has 1 heterocycles. The topological polar surface area (TPSA) is 152 Å². The molecule has 1 saturated heterocycles. The third-order valence-electron chi connectivity index (χ3n) is 8.43. The summed E-state index contributed by atoms with van der Waals surface area (Å²) in [6.07, 6.45) is 27.0. The lowest BCUT2D eigenvalue weighted by Gasteiger charge is -2.39. The molecule has 1 aliphatic heterocycles. The van der Waals surface area contributed by atoms with Crippen LogP contribution in [0.15, 0.2) is 48.6 Å². The minimum atomic E-state index is -1.60. The van der Waals surface area contributed by atoms with Crippen LogP contribution in [0.1, 0.15) is 136 Å². The average Bonchev–Trinajstić information content (AvgIpc) is 3.11. The summed E-state index contributed by atoms with van der Waals surface area (Å²) in [6, 6.07) is 0. The predicted octanol–water partition coefficient (Wildman–Crippen LogP) is 6.93. The number of hydrogen-bond acceptors (Lipinski definition) is 10. The van der Waals surface area contributed by atoms with Gasteiger partial charge in [0.1, 0.15) is 31.0 Å². The molecule has 50 heavy (non-hydrogen) atoms. The summed E-state index contributed by atoms with van der Waals surface area (Å²) < 4.78 is 22.0. The minimum absolute atomic E-state index is 0.207. The van der Waals surface area contributed by atoms with Crippen LogP contribution in [0.3, 0.4) is 0 Å². The van der Waals surface area contributed by atoms with Gasteiger partial charge in [-0.25, -0.2) is 0 Å². The molecule has 288 valence electrons. The third-order valence-corrected chi connectivity index (χ3v) is 8.43. The third kappa shape index (κ3) is 23.2. The molecule has 0 aliphatic carbocycles. The maximum atomic E-state index is 12.7. The van der Waals surface area contributed by atoms with Crippen LogP contribution in [-0.4, -0.2) is 89.0 Å². The summed E-state index contributed by atoms with van der Waals surface area (Å²) in [5.74, 6) is -0.846. The van der Waals surface area contributed by atoms with Crippen molar-refractivity contribution in [1.29, 1.82) is 0 Å². The van der Waals surface area contributed by atoms with E-state index in [1.807, 2.05) is 0 Å². The second kappa shape index (κ2) is 31.4. The number of carbonyl (C=O) groups is 2.